The fourth-order valence-electron chi connectivity index (χ4n) is 3.01. The second kappa shape index (κ2) is 6.14. The number of hydrogen-bond acceptors (Lipinski definition) is 5. The second-order valence-electron chi connectivity index (χ2n) is 5.97. The molecule has 1 aliphatic rings. The van der Waals surface area contributed by atoms with Crippen LogP contribution in [0.2, 0.25) is 0 Å². The Labute approximate surface area is 154 Å². The largest absolute Gasteiger partial charge is 0.454 e. The van der Waals surface area contributed by atoms with Gasteiger partial charge in [-0.1, -0.05) is 18.2 Å². The Kier molecular flexibility index (Phi) is 3.50. The Hall–Kier alpha value is -3.87. The summed E-state index contributed by atoms with van der Waals surface area (Å²) in [5.41, 5.74) is 2.37. The van der Waals surface area contributed by atoms with Gasteiger partial charge in [-0.05, 0) is 30.3 Å². The molecular weight excluding hydrogens is 344 g/mol. The molecule has 3 heterocycles. The van der Waals surface area contributed by atoms with Gasteiger partial charge in [0.15, 0.2) is 17.2 Å². The van der Waals surface area contributed by atoms with Crippen LogP contribution < -0.4 is 14.9 Å². The normalized spacial score (nSPS) is 12.3. The summed E-state index contributed by atoms with van der Waals surface area (Å²) in [6.45, 7) is 0.201. The van der Waals surface area contributed by atoms with E-state index in [1.54, 1.807) is 27.8 Å². The average Bonchev–Trinajstić information content (AvgIpc) is 3.38. The predicted molar refractivity (Wildman–Crippen MR) is 98.5 cm³/mol. The maximum Gasteiger partial charge on any atom is 0.231 e. The van der Waals surface area contributed by atoms with Crippen molar-refractivity contribution in [3.63, 3.8) is 0 Å². The van der Waals surface area contributed by atoms with Crippen molar-refractivity contribution in [2.45, 2.75) is 0 Å². The third kappa shape index (κ3) is 2.65. The molecule has 2 aromatic carbocycles. The van der Waals surface area contributed by atoms with Crippen LogP contribution in [0.4, 0.5) is 0 Å². The molecule has 1 aliphatic heterocycles. The van der Waals surface area contributed by atoms with E-state index in [0.29, 0.717) is 22.9 Å². The van der Waals surface area contributed by atoms with E-state index in [9.17, 15) is 4.79 Å². The third-order valence-electron chi connectivity index (χ3n) is 4.32. The molecule has 7 heteroatoms. The van der Waals surface area contributed by atoms with Crippen molar-refractivity contribution >= 4 is 0 Å². The van der Waals surface area contributed by atoms with Crippen LogP contribution in [0.3, 0.4) is 0 Å². The van der Waals surface area contributed by atoms with Gasteiger partial charge < -0.3 is 9.47 Å². The molecule has 27 heavy (non-hydrogen) atoms. The van der Waals surface area contributed by atoms with E-state index in [-0.39, 0.29) is 12.2 Å². The predicted octanol–water partition coefficient (Wildman–Crippen LogP) is 2.81. The number of nitrogens with zero attached hydrogens (tertiary/aromatic N) is 4. The summed E-state index contributed by atoms with van der Waals surface area (Å²) in [5.74, 6) is 1.34. The van der Waals surface area contributed by atoms with Gasteiger partial charge in [0.2, 0.25) is 12.2 Å². The molecule has 0 amide bonds. The van der Waals surface area contributed by atoms with E-state index in [2.05, 4.69) is 10.2 Å². The zero-order valence-electron chi connectivity index (χ0n) is 14.1. The van der Waals surface area contributed by atoms with Crippen molar-refractivity contribution in [3.8, 4) is 34.3 Å². The summed E-state index contributed by atoms with van der Waals surface area (Å²) in [4.78, 5) is 12.5. The Morgan fingerprint density at radius 1 is 0.889 bits per heavy atom. The van der Waals surface area contributed by atoms with E-state index in [1.165, 1.54) is 6.07 Å². The quantitative estimate of drug-likeness (QED) is 0.563. The lowest BCUT2D eigenvalue weighted by Gasteiger charge is -2.10. The van der Waals surface area contributed by atoms with Gasteiger partial charge in [0.25, 0.3) is 0 Å². The molecule has 0 N–H and O–H groups in total. The molecule has 0 radical (unpaired) electrons. The molecule has 132 valence electrons. The Morgan fingerprint density at radius 2 is 1.74 bits per heavy atom. The maximum atomic E-state index is 12.5. The van der Waals surface area contributed by atoms with Gasteiger partial charge in [0.05, 0.1) is 23.3 Å². The minimum absolute atomic E-state index is 0.176. The molecule has 0 aliphatic carbocycles. The van der Waals surface area contributed by atoms with Gasteiger partial charge >= 0.3 is 0 Å². The first-order valence-electron chi connectivity index (χ1n) is 8.39. The summed E-state index contributed by atoms with van der Waals surface area (Å²) >= 11 is 0. The SMILES string of the molecule is O=c1ccn(-c2ccccc2)nc1-c1ccnn1-c1ccc2c(c1)OCO2. The van der Waals surface area contributed by atoms with E-state index in [0.717, 1.165) is 11.4 Å². The Morgan fingerprint density at radius 3 is 2.63 bits per heavy atom. The van der Waals surface area contributed by atoms with Crippen molar-refractivity contribution in [1.29, 1.82) is 0 Å². The van der Waals surface area contributed by atoms with Gasteiger partial charge in [-0.15, -0.1) is 0 Å². The lowest BCUT2D eigenvalue weighted by atomic mass is 10.2. The van der Waals surface area contributed by atoms with Gasteiger partial charge in [-0.25, -0.2) is 9.36 Å². The zero-order chi connectivity index (χ0) is 18.2. The first-order valence-corrected chi connectivity index (χ1v) is 8.39. The minimum Gasteiger partial charge on any atom is -0.454 e. The zero-order valence-corrected chi connectivity index (χ0v) is 14.1. The van der Waals surface area contributed by atoms with Crippen LogP contribution in [0.5, 0.6) is 11.5 Å². The van der Waals surface area contributed by atoms with Gasteiger partial charge in [0, 0.05) is 18.3 Å². The molecule has 0 fully saturated rings. The molecule has 2 aromatic heterocycles. The topological polar surface area (TPSA) is 71.2 Å². The van der Waals surface area contributed by atoms with Crippen LogP contribution >= 0.6 is 0 Å². The van der Waals surface area contributed by atoms with E-state index in [1.807, 2.05) is 48.5 Å². The molecule has 0 atom stereocenters. The third-order valence-corrected chi connectivity index (χ3v) is 4.32. The van der Waals surface area contributed by atoms with Crippen molar-refractivity contribution in [2.24, 2.45) is 0 Å². The molecule has 5 rings (SSSR count). The molecular formula is C20H14N4O3. The number of ether oxygens (including phenoxy) is 2. The van der Waals surface area contributed by atoms with E-state index >= 15 is 0 Å². The van der Waals surface area contributed by atoms with Crippen LogP contribution in [-0.4, -0.2) is 26.4 Å². The average molecular weight is 358 g/mol. The minimum atomic E-state index is -0.176. The number of benzene rings is 2. The lowest BCUT2D eigenvalue weighted by molar-refractivity contribution is 0.174. The second-order valence-corrected chi connectivity index (χ2v) is 5.97. The van der Waals surface area contributed by atoms with Crippen molar-refractivity contribution < 1.29 is 9.47 Å². The molecule has 0 spiro atoms. The Bertz CT molecular complexity index is 1180. The van der Waals surface area contributed by atoms with Crippen LogP contribution in [0.15, 0.2) is 77.9 Å². The lowest BCUT2D eigenvalue weighted by Crippen LogP contribution is -2.14. The highest BCUT2D eigenvalue weighted by Crippen LogP contribution is 2.34. The van der Waals surface area contributed by atoms with Crippen LogP contribution in [-0.2, 0) is 0 Å². The first-order chi connectivity index (χ1) is 13.3. The van der Waals surface area contributed by atoms with Gasteiger partial charge in [-0.2, -0.15) is 10.2 Å². The fraction of sp³-hybridized carbons (Fsp3) is 0.0500. The number of rotatable bonds is 3. The highest BCUT2D eigenvalue weighted by molar-refractivity contribution is 5.59. The van der Waals surface area contributed by atoms with Gasteiger partial charge in [-0.3, -0.25) is 4.79 Å². The molecule has 0 bridgehead atoms. The highest BCUT2D eigenvalue weighted by atomic mass is 16.7. The van der Waals surface area contributed by atoms with E-state index in [4.69, 9.17) is 9.47 Å². The monoisotopic (exact) mass is 358 g/mol. The molecule has 0 saturated heterocycles. The number of aromatic nitrogens is 4. The molecule has 0 saturated carbocycles. The summed E-state index contributed by atoms with van der Waals surface area (Å²) in [6.07, 6.45) is 3.29. The number of para-hydroxylation sites is 1. The summed E-state index contributed by atoms with van der Waals surface area (Å²) in [7, 11) is 0. The van der Waals surface area contributed by atoms with Gasteiger partial charge in [0.1, 0.15) is 0 Å². The first kappa shape index (κ1) is 15.4. The van der Waals surface area contributed by atoms with Crippen LogP contribution in [0.25, 0.3) is 22.8 Å². The smallest absolute Gasteiger partial charge is 0.231 e. The molecule has 7 nitrogen and oxygen atoms in total. The highest BCUT2D eigenvalue weighted by Gasteiger charge is 2.17. The molecule has 4 aromatic rings. The van der Waals surface area contributed by atoms with Crippen molar-refractivity contribution in [1.82, 2.24) is 19.6 Å². The number of hydrogen-bond donors (Lipinski definition) is 0. The van der Waals surface area contributed by atoms with Crippen molar-refractivity contribution in [2.75, 3.05) is 6.79 Å². The fourth-order valence-corrected chi connectivity index (χ4v) is 3.01. The van der Waals surface area contributed by atoms with Crippen molar-refractivity contribution in [3.05, 3.63) is 83.3 Å². The van der Waals surface area contributed by atoms with Crippen LogP contribution in [0, 0.1) is 0 Å². The standard InChI is InChI=1S/C20H14N4O3/c25-17-9-11-23(14-4-2-1-3-5-14)22-20(17)16-8-10-21-24(16)15-6-7-18-19(12-15)27-13-26-18/h1-12H,13H2. The summed E-state index contributed by atoms with van der Waals surface area (Å²) in [6, 6.07) is 18.4. The van der Waals surface area contributed by atoms with E-state index < -0.39 is 0 Å². The maximum absolute atomic E-state index is 12.5. The number of fused-ring (bicyclic) bond motifs is 1. The summed E-state index contributed by atoms with van der Waals surface area (Å²) in [5, 5.41) is 8.90. The molecule has 0 unspecified atom stereocenters. The summed E-state index contributed by atoms with van der Waals surface area (Å²) < 4.78 is 14.1. The Balaban J connectivity index is 1.63. The van der Waals surface area contributed by atoms with Crippen LogP contribution in [0.1, 0.15) is 0 Å².